The molecule has 4 nitrogen and oxygen atoms in total. The predicted molar refractivity (Wildman–Crippen MR) is 66.0 cm³/mol. The number of hydrogen-bond donors (Lipinski definition) is 0. The molecule has 19 heavy (non-hydrogen) atoms. The van der Waals surface area contributed by atoms with E-state index in [1.165, 1.54) is 12.1 Å². The third-order valence-corrected chi connectivity index (χ3v) is 3.69. The summed E-state index contributed by atoms with van der Waals surface area (Å²) in [5.74, 6) is -0.393. The normalized spacial score (nSPS) is 28.4. The molecular formula is C14H16FNO3. The first-order valence-electron chi connectivity index (χ1n) is 6.52. The molecular weight excluding hydrogens is 249 g/mol. The lowest BCUT2D eigenvalue weighted by atomic mass is 10.1. The van der Waals surface area contributed by atoms with Crippen LogP contribution in [0.2, 0.25) is 0 Å². The van der Waals surface area contributed by atoms with Crippen molar-refractivity contribution in [3.63, 3.8) is 0 Å². The van der Waals surface area contributed by atoms with Crippen molar-refractivity contribution in [2.45, 2.75) is 18.6 Å². The highest BCUT2D eigenvalue weighted by molar-refractivity contribution is 5.77. The molecule has 2 aliphatic rings. The van der Waals surface area contributed by atoms with Crippen LogP contribution < -0.4 is 0 Å². The van der Waals surface area contributed by atoms with Crippen molar-refractivity contribution in [2.75, 3.05) is 26.3 Å². The van der Waals surface area contributed by atoms with Crippen molar-refractivity contribution >= 4 is 5.97 Å². The monoisotopic (exact) mass is 265 g/mol. The zero-order valence-electron chi connectivity index (χ0n) is 10.5. The van der Waals surface area contributed by atoms with Crippen LogP contribution >= 0.6 is 0 Å². The van der Waals surface area contributed by atoms with Gasteiger partial charge in [-0.15, -0.1) is 0 Å². The molecule has 0 aliphatic carbocycles. The Morgan fingerprint density at radius 1 is 1.21 bits per heavy atom. The molecule has 2 aliphatic heterocycles. The van der Waals surface area contributed by atoms with Crippen molar-refractivity contribution in [3.05, 3.63) is 35.6 Å². The number of benzene rings is 1. The lowest BCUT2D eigenvalue weighted by molar-refractivity contribution is -0.144. The molecule has 0 aromatic heterocycles. The molecule has 0 saturated carbocycles. The van der Waals surface area contributed by atoms with Crippen molar-refractivity contribution in [1.82, 2.24) is 4.90 Å². The van der Waals surface area contributed by atoms with Crippen LogP contribution in [-0.4, -0.2) is 43.2 Å². The molecule has 1 aromatic carbocycles. The minimum atomic E-state index is -0.254. The maximum atomic E-state index is 12.9. The fourth-order valence-corrected chi connectivity index (χ4v) is 2.65. The second-order valence-corrected chi connectivity index (χ2v) is 4.88. The third-order valence-electron chi connectivity index (χ3n) is 3.69. The smallest absolute Gasteiger partial charge is 0.323 e. The molecule has 2 heterocycles. The summed E-state index contributed by atoms with van der Waals surface area (Å²) in [5, 5.41) is 0. The Labute approximate surface area is 111 Å². The van der Waals surface area contributed by atoms with E-state index in [4.69, 9.17) is 9.47 Å². The van der Waals surface area contributed by atoms with Gasteiger partial charge in [0, 0.05) is 19.5 Å². The second kappa shape index (κ2) is 5.27. The average molecular weight is 265 g/mol. The van der Waals surface area contributed by atoms with E-state index in [-0.39, 0.29) is 23.9 Å². The molecule has 102 valence electrons. The quantitative estimate of drug-likeness (QED) is 0.760. The number of halogens is 1. The Bertz CT molecular complexity index is 462. The topological polar surface area (TPSA) is 38.8 Å². The van der Waals surface area contributed by atoms with E-state index in [2.05, 4.69) is 4.90 Å². The van der Waals surface area contributed by atoms with Gasteiger partial charge < -0.3 is 9.47 Å². The van der Waals surface area contributed by atoms with Crippen LogP contribution in [0.25, 0.3) is 0 Å². The van der Waals surface area contributed by atoms with E-state index in [1.807, 2.05) is 0 Å². The number of cyclic esters (lactones) is 1. The SMILES string of the molecule is O=C1OCCC1N1CCOC(c2ccc(F)cc2)C1. The number of nitrogens with zero attached hydrogens (tertiary/aromatic N) is 1. The largest absolute Gasteiger partial charge is 0.464 e. The lowest BCUT2D eigenvalue weighted by Gasteiger charge is -2.35. The van der Waals surface area contributed by atoms with Crippen LogP contribution in [0.4, 0.5) is 4.39 Å². The van der Waals surface area contributed by atoms with Gasteiger partial charge in [0.1, 0.15) is 11.9 Å². The molecule has 0 bridgehead atoms. The first kappa shape index (κ1) is 12.6. The number of hydrogen-bond acceptors (Lipinski definition) is 4. The van der Waals surface area contributed by atoms with Gasteiger partial charge in [0.05, 0.1) is 19.3 Å². The number of carbonyl (C=O) groups is 1. The maximum absolute atomic E-state index is 12.9. The summed E-state index contributed by atoms with van der Waals surface area (Å²) in [7, 11) is 0. The fraction of sp³-hybridized carbons (Fsp3) is 0.500. The molecule has 0 spiro atoms. The molecule has 2 atom stereocenters. The number of rotatable bonds is 2. The van der Waals surface area contributed by atoms with Crippen LogP contribution in [0, 0.1) is 5.82 Å². The van der Waals surface area contributed by atoms with Crippen LogP contribution in [-0.2, 0) is 14.3 Å². The van der Waals surface area contributed by atoms with Gasteiger partial charge in [0.25, 0.3) is 0 Å². The maximum Gasteiger partial charge on any atom is 0.323 e. The molecule has 0 N–H and O–H groups in total. The van der Waals surface area contributed by atoms with E-state index < -0.39 is 0 Å². The van der Waals surface area contributed by atoms with Crippen molar-refractivity contribution < 1.29 is 18.7 Å². The van der Waals surface area contributed by atoms with Crippen molar-refractivity contribution in [2.24, 2.45) is 0 Å². The van der Waals surface area contributed by atoms with E-state index >= 15 is 0 Å². The minimum Gasteiger partial charge on any atom is -0.464 e. The molecule has 0 amide bonds. The Kier molecular flexibility index (Phi) is 3.48. The van der Waals surface area contributed by atoms with Crippen LogP contribution in [0.3, 0.4) is 0 Å². The van der Waals surface area contributed by atoms with Crippen LogP contribution in [0.1, 0.15) is 18.1 Å². The van der Waals surface area contributed by atoms with Gasteiger partial charge in [-0.2, -0.15) is 0 Å². The molecule has 2 fully saturated rings. The van der Waals surface area contributed by atoms with Gasteiger partial charge in [-0.1, -0.05) is 12.1 Å². The average Bonchev–Trinajstić information content (AvgIpc) is 2.86. The number of ether oxygens (including phenoxy) is 2. The number of morpholine rings is 1. The summed E-state index contributed by atoms with van der Waals surface area (Å²) in [6.45, 7) is 2.46. The van der Waals surface area contributed by atoms with E-state index in [9.17, 15) is 9.18 Å². The number of esters is 1. The zero-order valence-corrected chi connectivity index (χ0v) is 10.5. The molecule has 0 radical (unpaired) electrons. The first-order chi connectivity index (χ1) is 9.24. The molecule has 5 heteroatoms. The van der Waals surface area contributed by atoms with Crippen LogP contribution in [0.5, 0.6) is 0 Å². The zero-order chi connectivity index (χ0) is 13.2. The van der Waals surface area contributed by atoms with E-state index in [1.54, 1.807) is 12.1 Å². The van der Waals surface area contributed by atoms with Crippen molar-refractivity contribution in [3.8, 4) is 0 Å². The number of carbonyl (C=O) groups excluding carboxylic acids is 1. The lowest BCUT2D eigenvalue weighted by Crippen LogP contribution is -2.46. The van der Waals surface area contributed by atoms with Gasteiger partial charge in [-0.3, -0.25) is 9.69 Å². The summed E-state index contributed by atoms with van der Waals surface area (Å²) in [6, 6.07) is 6.18. The molecule has 1 aromatic rings. The summed E-state index contributed by atoms with van der Waals surface area (Å²) in [4.78, 5) is 13.7. The molecule has 3 rings (SSSR count). The Morgan fingerprint density at radius 2 is 2.00 bits per heavy atom. The predicted octanol–water partition coefficient (Wildman–Crippen LogP) is 1.51. The Morgan fingerprint density at radius 3 is 2.68 bits per heavy atom. The van der Waals surface area contributed by atoms with Crippen molar-refractivity contribution in [1.29, 1.82) is 0 Å². The highest BCUT2D eigenvalue weighted by atomic mass is 19.1. The van der Waals surface area contributed by atoms with Gasteiger partial charge in [0.15, 0.2) is 0 Å². The van der Waals surface area contributed by atoms with E-state index in [0.717, 1.165) is 18.5 Å². The Balaban J connectivity index is 1.71. The Hall–Kier alpha value is -1.46. The van der Waals surface area contributed by atoms with Gasteiger partial charge in [0.2, 0.25) is 0 Å². The summed E-state index contributed by atoms with van der Waals surface area (Å²) >= 11 is 0. The van der Waals surface area contributed by atoms with Crippen LogP contribution in [0.15, 0.2) is 24.3 Å². The fourth-order valence-electron chi connectivity index (χ4n) is 2.65. The minimum absolute atomic E-state index is 0.109. The summed E-state index contributed by atoms with van der Waals surface area (Å²) in [6.07, 6.45) is 0.636. The molecule has 2 unspecified atom stereocenters. The third kappa shape index (κ3) is 2.62. The second-order valence-electron chi connectivity index (χ2n) is 4.88. The standard InChI is InChI=1S/C14H16FNO3/c15-11-3-1-10(2-4-11)13-9-16(6-8-18-13)12-5-7-19-14(12)17/h1-4,12-13H,5-9H2. The van der Waals surface area contributed by atoms with E-state index in [0.29, 0.717) is 19.8 Å². The molecule has 2 saturated heterocycles. The highest BCUT2D eigenvalue weighted by Crippen LogP contribution is 2.26. The highest BCUT2D eigenvalue weighted by Gasteiger charge is 2.35. The van der Waals surface area contributed by atoms with Gasteiger partial charge in [-0.05, 0) is 17.7 Å². The summed E-state index contributed by atoms with van der Waals surface area (Å²) in [5.41, 5.74) is 0.942. The van der Waals surface area contributed by atoms with Gasteiger partial charge >= 0.3 is 5.97 Å². The summed E-state index contributed by atoms with van der Waals surface area (Å²) < 4.78 is 23.6. The first-order valence-corrected chi connectivity index (χ1v) is 6.52. The van der Waals surface area contributed by atoms with Gasteiger partial charge in [-0.25, -0.2) is 4.39 Å².